The van der Waals surface area contributed by atoms with Crippen molar-refractivity contribution in [1.29, 1.82) is 15.8 Å². The van der Waals surface area contributed by atoms with Crippen molar-refractivity contribution in [3.05, 3.63) is 34.4 Å². The number of nitriles is 3. The van der Waals surface area contributed by atoms with Gasteiger partial charge in [-0.15, -0.1) is 0 Å². The van der Waals surface area contributed by atoms with Crippen LogP contribution in [-0.4, -0.2) is 0 Å². The predicted molar refractivity (Wildman–Crippen MR) is 45.3 cm³/mol. The van der Waals surface area contributed by atoms with Gasteiger partial charge in [-0.25, -0.2) is 0 Å². The minimum absolute atomic E-state index is 0.171. The van der Waals surface area contributed by atoms with E-state index in [-0.39, 0.29) is 11.1 Å². The lowest BCUT2D eigenvalue weighted by Crippen LogP contribution is -1.92. The van der Waals surface area contributed by atoms with Gasteiger partial charge in [0, 0.05) is 0 Å². The minimum atomic E-state index is 0.171. The van der Waals surface area contributed by atoms with E-state index in [9.17, 15) is 0 Å². The Morgan fingerprint density at radius 1 is 0.923 bits per heavy atom. The topological polar surface area (TPSA) is 71.4 Å². The molecule has 60 valence electrons. The van der Waals surface area contributed by atoms with Gasteiger partial charge >= 0.3 is 0 Å². The average Bonchev–Trinajstić information content (AvgIpc) is 2.17. The second-order valence-electron chi connectivity index (χ2n) is 2.52. The zero-order valence-corrected chi connectivity index (χ0v) is 7.00. The summed E-state index contributed by atoms with van der Waals surface area (Å²) >= 11 is 0. The summed E-state index contributed by atoms with van der Waals surface area (Å²) < 4.78 is 0. The van der Waals surface area contributed by atoms with Crippen LogP contribution in [0.1, 0.15) is 22.3 Å². The van der Waals surface area contributed by atoms with Gasteiger partial charge in [0.1, 0.15) is 18.2 Å². The zero-order valence-electron chi connectivity index (χ0n) is 7.00. The van der Waals surface area contributed by atoms with Crippen LogP contribution < -0.4 is 0 Å². The first-order chi connectivity index (χ1) is 6.24. The van der Waals surface area contributed by atoms with Gasteiger partial charge in [0.2, 0.25) is 0 Å². The molecule has 0 radical (unpaired) electrons. The van der Waals surface area contributed by atoms with Crippen LogP contribution >= 0.6 is 0 Å². The Morgan fingerprint density at radius 3 is 2.00 bits per heavy atom. The Hall–Kier alpha value is -2.31. The average molecular weight is 167 g/mol. The Bertz CT molecular complexity index is 467. The third-order valence-corrected chi connectivity index (χ3v) is 1.76. The molecule has 0 aliphatic heterocycles. The van der Waals surface area contributed by atoms with Crippen molar-refractivity contribution in [2.45, 2.75) is 6.92 Å². The molecule has 1 aromatic rings. The molecule has 0 fully saturated rings. The molecule has 0 heterocycles. The molecular formula is C10H5N3. The van der Waals surface area contributed by atoms with Crippen molar-refractivity contribution in [2.75, 3.05) is 0 Å². The summed E-state index contributed by atoms with van der Waals surface area (Å²) in [6.45, 7) is 1.74. The maximum atomic E-state index is 8.74. The van der Waals surface area contributed by atoms with Crippen molar-refractivity contribution in [3.63, 3.8) is 0 Å². The highest BCUT2D eigenvalue weighted by molar-refractivity contribution is 5.57. The van der Waals surface area contributed by atoms with Gasteiger partial charge in [0.05, 0.1) is 16.7 Å². The largest absolute Gasteiger partial charge is 0.192 e. The number of aryl methyl sites for hydroxylation is 1. The summed E-state index contributed by atoms with van der Waals surface area (Å²) in [6, 6.07) is 8.87. The Balaban J connectivity index is 3.63. The zero-order chi connectivity index (χ0) is 9.84. The van der Waals surface area contributed by atoms with Gasteiger partial charge in [0.15, 0.2) is 0 Å². The van der Waals surface area contributed by atoms with Crippen LogP contribution in [0.15, 0.2) is 12.1 Å². The van der Waals surface area contributed by atoms with Crippen LogP contribution in [0.25, 0.3) is 0 Å². The fourth-order valence-corrected chi connectivity index (χ4v) is 1.06. The van der Waals surface area contributed by atoms with Gasteiger partial charge in [0.25, 0.3) is 0 Å². The smallest absolute Gasteiger partial charge is 0.102 e. The van der Waals surface area contributed by atoms with Gasteiger partial charge in [-0.05, 0) is 18.6 Å². The number of hydrogen-bond donors (Lipinski definition) is 0. The van der Waals surface area contributed by atoms with Crippen LogP contribution in [0.2, 0.25) is 0 Å². The van der Waals surface area contributed by atoms with Crippen molar-refractivity contribution in [2.24, 2.45) is 0 Å². The number of rotatable bonds is 0. The molecule has 0 amide bonds. The summed E-state index contributed by atoms with van der Waals surface area (Å²) in [4.78, 5) is 0. The van der Waals surface area contributed by atoms with Crippen molar-refractivity contribution in [1.82, 2.24) is 0 Å². The van der Waals surface area contributed by atoms with Crippen LogP contribution in [0, 0.1) is 40.9 Å². The first-order valence-corrected chi connectivity index (χ1v) is 3.58. The first kappa shape index (κ1) is 8.78. The van der Waals surface area contributed by atoms with Crippen molar-refractivity contribution in [3.8, 4) is 18.2 Å². The monoisotopic (exact) mass is 167 g/mol. The van der Waals surface area contributed by atoms with E-state index in [1.54, 1.807) is 19.1 Å². The van der Waals surface area contributed by atoms with E-state index in [2.05, 4.69) is 0 Å². The fraction of sp³-hybridized carbons (Fsp3) is 0.100. The second kappa shape index (κ2) is 3.39. The van der Waals surface area contributed by atoms with Crippen molar-refractivity contribution < 1.29 is 0 Å². The van der Waals surface area contributed by atoms with Crippen LogP contribution in [0.4, 0.5) is 0 Å². The molecule has 3 nitrogen and oxygen atoms in total. The summed E-state index contributed by atoms with van der Waals surface area (Å²) in [5.74, 6) is 0. The SMILES string of the molecule is Cc1ccc(C#N)c(C#N)c1C#N. The number of benzene rings is 1. The van der Waals surface area contributed by atoms with Crippen LogP contribution in [0.5, 0.6) is 0 Å². The molecule has 0 unspecified atom stereocenters. The van der Waals surface area contributed by atoms with E-state index in [4.69, 9.17) is 15.8 Å². The summed E-state index contributed by atoms with van der Waals surface area (Å²) in [6.07, 6.45) is 0. The van der Waals surface area contributed by atoms with E-state index in [0.717, 1.165) is 5.56 Å². The standard InChI is InChI=1S/C10H5N3/c1-7-2-3-8(4-11)10(6-13)9(7)5-12/h2-3H,1H3. The molecule has 0 bridgehead atoms. The minimum Gasteiger partial charge on any atom is -0.192 e. The second-order valence-corrected chi connectivity index (χ2v) is 2.52. The Kier molecular flexibility index (Phi) is 2.29. The highest BCUT2D eigenvalue weighted by Crippen LogP contribution is 2.16. The molecule has 1 rings (SSSR count). The van der Waals surface area contributed by atoms with Gasteiger partial charge < -0.3 is 0 Å². The van der Waals surface area contributed by atoms with E-state index in [1.807, 2.05) is 18.2 Å². The normalized spacial score (nSPS) is 8.15. The fourth-order valence-electron chi connectivity index (χ4n) is 1.06. The lowest BCUT2D eigenvalue weighted by Gasteiger charge is -1.99. The predicted octanol–water partition coefficient (Wildman–Crippen LogP) is 1.61. The van der Waals surface area contributed by atoms with Gasteiger partial charge in [-0.3, -0.25) is 0 Å². The van der Waals surface area contributed by atoms with E-state index >= 15 is 0 Å². The summed E-state index contributed by atoms with van der Waals surface area (Å²) in [5.41, 5.74) is 1.44. The first-order valence-electron chi connectivity index (χ1n) is 3.58. The molecule has 0 saturated heterocycles. The summed E-state index contributed by atoms with van der Waals surface area (Å²) in [7, 11) is 0. The molecule has 0 saturated carbocycles. The third kappa shape index (κ3) is 1.34. The molecule has 13 heavy (non-hydrogen) atoms. The molecular weight excluding hydrogens is 162 g/mol. The summed E-state index contributed by atoms with van der Waals surface area (Å²) in [5, 5.41) is 26.1. The lowest BCUT2D eigenvalue weighted by atomic mass is 9.99. The maximum Gasteiger partial charge on any atom is 0.102 e. The highest BCUT2D eigenvalue weighted by atomic mass is 14.3. The van der Waals surface area contributed by atoms with E-state index in [0.29, 0.717) is 5.56 Å². The molecule has 0 N–H and O–H groups in total. The molecule has 0 aliphatic carbocycles. The van der Waals surface area contributed by atoms with E-state index in [1.165, 1.54) is 0 Å². The maximum absolute atomic E-state index is 8.74. The quantitative estimate of drug-likeness (QED) is 0.589. The van der Waals surface area contributed by atoms with Gasteiger partial charge in [-0.1, -0.05) is 6.07 Å². The molecule has 1 aromatic carbocycles. The van der Waals surface area contributed by atoms with Gasteiger partial charge in [-0.2, -0.15) is 15.8 Å². The molecule has 0 aromatic heterocycles. The Labute approximate surface area is 76.1 Å². The number of hydrogen-bond acceptors (Lipinski definition) is 3. The lowest BCUT2D eigenvalue weighted by molar-refractivity contribution is 1.33. The Morgan fingerprint density at radius 2 is 1.54 bits per heavy atom. The highest BCUT2D eigenvalue weighted by Gasteiger charge is 2.09. The third-order valence-electron chi connectivity index (χ3n) is 1.76. The van der Waals surface area contributed by atoms with Crippen LogP contribution in [0.3, 0.4) is 0 Å². The van der Waals surface area contributed by atoms with Crippen LogP contribution in [-0.2, 0) is 0 Å². The molecule has 0 aliphatic rings. The number of nitrogens with zero attached hydrogens (tertiary/aromatic N) is 3. The van der Waals surface area contributed by atoms with E-state index < -0.39 is 0 Å². The molecule has 0 atom stereocenters. The van der Waals surface area contributed by atoms with Crippen molar-refractivity contribution >= 4 is 0 Å². The molecule has 3 heteroatoms. The molecule has 0 spiro atoms.